The summed E-state index contributed by atoms with van der Waals surface area (Å²) in [5.74, 6) is -0.334. The fourth-order valence-electron chi connectivity index (χ4n) is 2.50. The van der Waals surface area contributed by atoms with Crippen molar-refractivity contribution in [1.82, 2.24) is 9.88 Å². The Bertz CT molecular complexity index is 430. The summed E-state index contributed by atoms with van der Waals surface area (Å²) in [5.41, 5.74) is 0.283. The van der Waals surface area contributed by atoms with E-state index in [1.807, 2.05) is 11.8 Å². The molecule has 1 fully saturated rings. The molecule has 0 saturated carbocycles. The number of nitrogens with zero attached hydrogens (tertiary/aromatic N) is 3. The third-order valence-electron chi connectivity index (χ3n) is 3.58. The molecule has 19 heavy (non-hydrogen) atoms. The monoisotopic (exact) mass is 263 g/mol. The molecule has 2 heterocycles. The van der Waals surface area contributed by atoms with Crippen molar-refractivity contribution in [3.8, 4) is 0 Å². The molecule has 1 saturated heterocycles. The zero-order valence-corrected chi connectivity index (χ0v) is 11.4. The summed E-state index contributed by atoms with van der Waals surface area (Å²) in [6, 6.07) is 3.28. The fourth-order valence-corrected chi connectivity index (χ4v) is 2.50. The molecule has 0 aromatic carbocycles. The van der Waals surface area contributed by atoms with Gasteiger partial charge in [-0.2, -0.15) is 0 Å². The van der Waals surface area contributed by atoms with Crippen LogP contribution in [0, 0.1) is 0 Å². The number of aromatic nitrogens is 1. The third-order valence-corrected chi connectivity index (χ3v) is 3.58. The molecule has 0 atom stereocenters. The van der Waals surface area contributed by atoms with Gasteiger partial charge in [0.15, 0.2) is 0 Å². The largest absolute Gasteiger partial charge is 0.478 e. The number of hydrogen-bond donors (Lipinski definition) is 1. The topological polar surface area (TPSA) is 56.7 Å². The van der Waals surface area contributed by atoms with Gasteiger partial charge in [-0.3, -0.25) is 0 Å². The second-order valence-corrected chi connectivity index (χ2v) is 4.81. The predicted molar refractivity (Wildman–Crippen MR) is 74.8 cm³/mol. The number of aromatic carboxylic acids is 1. The van der Waals surface area contributed by atoms with Crippen LogP contribution >= 0.6 is 0 Å². The average molecular weight is 263 g/mol. The minimum Gasteiger partial charge on any atom is -0.478 e. The van der Waals surface area contributed by atoms with Crippen LogP contribution < -0.4 is 4.90 Å². The van der Waals surface area contributed by atoms with E-state index in [2.05, 4.69) is 9.88 Å². The van der Waals surface area contributed by atoms with Crippen LogP contribution in [0.25, 0.3) is 0 Å². The standard InChI is InChI=1S/C14H21N3O2/c1-2-17(11-10-16-8-3-4-9-16)13-12(14(18)19)6-5-7-15-13/h5-7H,2-4,8-11H2,1H3,(H,18,19). The Morgan fingerprint density at radius 2 is 2.21 bits per heavy atom. The molecule has 1 aliphatic rings. The van der Waals surface area contributed by atoms with Crippen molar-refractivity contribution in [2.24, 2.45) is 0 Å². The van der Waals surface area contributed by atoms with Crippen LogP contribution in [0.15, 0.2) is 18.3 Å². The van der Waals surface area contributed by atoms with Crippen LogP contribution in [0.3, 0.4) is 0 Å². The number of pyridine rings is 1. The van der Waals surface area contributed by atoms with Gasteiger partial charge in [-0.25, -0.2) is 9.78 Å². The van der Waals surface area contributed by atoms with Gasteiger partial charge in [0.05, 0.1) is 0 Å². The average Bonchev–Trinajstić information content (AvgIpc) is 2.93. The van der Waals surface area contributed by atoms with E-state index in [1.165, 1.54) is 12.8 Å². The van der Waals surface area contributed by atoms with Crippen LogP contribution in [0.4, 0.5) is 5.82 Å². The maximum absolute atomic E-state index is 11.2. The predicted octanol–water partition coefficient (Wildman–Crippen LogP) is 1.70. The number of likely N-dealkylation sites (tertiary alicyclic amines) is 1. The molecule has 1 N–H and O–H groups in total. The number of carboxylic acid groups (broad SMARTS) is 1. The Kier molecular flexibility index (Phi) is 4.74. The van der Waals surface area contributed by atoms with Crippen molar-refractivity contribution in [2.75, 3.05) is 37.6 Å². The molecule has 0 unspecified atom stereocenters. The summed E-state index contributed by atoms with van der Waals surface area (Å²) in [7, 11) is 0. The van der Waals surface area contributed by atoms with Gasteiger partial charge < -0.3 is 14.9 Å². The van der Waals surface area contributed by atoms with Crippen molar-refractivity contribution in [2.45, 2.75) is 19.8 Å². The quantitative estimate of drug-likeness (QED) is 0.846. The smallest absolute Gasteiger partial charge is 0.339 e. The van der Waals surface area contributed by atoms with Gasteiger partial charge in [-0.15, -0.1) is 0 Å². The molecule has 0 aliphatic carbocycles. The van der Waals surface area contributed by atoms with E-state index in [0.29, 0.717) is 5.82 Å². The lowest BCUT2D eigenvalue weighted by Gasteiger charge is -2.26. The first-order valence-corrected chi connectivity index (χ1v) is 6.88. The highest BCUT2D eigenvalue weighted by Gasteiger charge is 2.18. The van der Waals surface area contributed by atoms with E-state index < -0.39 is 5.97 Å². The molecule has 104 valence electrons. The van der Waals surface area contributed by atoms with E-state index in [-0.39, 0.29) is 5.56 Å². The van der Waals surface area contributed by atoms with Crippen molar-refractivity contribution in [1.29, 1.82) is 0 Å². The fraction of sp³-hybridized carbons (Fsp3) is 0.571. The van der Waals surface area contributed by atoms with Crippen molar-refractivity contribution in [3.05, 3.63) is 23.9 Å². The summed E-state index contributed by atoms with van der Waals surface area (Å²) in [6.45, 7) is 6.92. The van der Waals surface area contributed by atoms with Gasteiger partial charge >= 0.3 is 5.97 Å². The van der Waals surface area contributed by atoms with E-state index >= 15 is 0 Å². The van der Waals surface area contributed by atoms with Gasteiger partial charge in [0.1, 0.15) is 11.4 Å². The first-order valence-electron chi connectivity index (χ1n) is 6.88. The van der Waals surface area contributed by atoms with Gasteiger partial charge in [-0.1, -0.05) is 0 Å². The van der Waals surface area contributed by atoms with Gasteiger partial charge in [0.25, 0.3) is 0 Å². The number of likely N-dealkylation sites (N-methyl/N-ethyl adjacent to an activating group) is 1. The maximum Gasteiger partial charge on any atom is 0.339 e. The summed E-state index contributed by atoms with van der Waals surface area (Å²) >= 11 is 0. The normalized spacial score (nSPS) is 15.6. The minimum absolute atomic E-state index is 0.283. The summed E-state index contributed by atoms with van der Waals surface area (Å²) in [6.07, 6.45) is 4.20. The Labute approximate surface area is 113 Å². The molecule has 0 spiro atoms. The molecular weight excluding hydrogens is 242 g/mol. The van der Waals surface area contributed by atoms with Gasteiger partial charge in [0.2, 0.25) is 0 Å². The molecule has 1 aliphatic heterocycles. The Hall–Kier alpha value is -1.62. The summed E-state index contributed by atoms with van der Waals surface area (Å²) in [4.78, 5) is 19.9. The van der Waals surface area contributed by atoms with E-state index in [0.717, 1.165) is 32.7 Å². The number of anilines is 1. The van der Waals surface area contributed by atoms with Crippen LogP contribution in [-0.4, -0.2) is 53.7 Å². The van der Waals surface area contributed by atoms with Crippen LogP contribution in [0.1, 0.15) is 30.1 Å². The first-order chi connectivity index (χ1) is 9.22. The number of carboxylic acids is 1. The highest BCUT2D eigenvalue weighted by atomic mass is 16.4. The molecule has 1 aromatic rings. The van der Waals surface area contributed by atoms with Crippen molar-refractivity contribution >= 4 is 11.8 Å². The molecule has 5 nitrogen and oxygen atoms in total. The maximum atomic E-state index is 11.2. The SMILES string of the molecule is CCN(CCN1CCCC1)c1ncccc1C(=O)O. The third kappa shape index (κ3) is 3.44. The molecule has 0 amide bonds. The van der Waals surface area contributed by atoms with Crippen LogP contribution in [-0.2, 0) is 0 Å². The molecule has 0 radical (unpaired) electrons. The van der Waals surface area contributed by atoms with Crippen LogP contribution in [0.2, 0.25) is 0 Å². The Morgan fingerprint density at radius 3 is 2.84 bits per heavy atom. The molecule has 5 heteroatoms. The highest BCUT2D eigenvalue weighted by Crippen LogP contribution is 2.17. The zero-order valence-electron chi connectivity index (χ0n) is 11.4. The number of carbonyl (C=O) groups is 1. The second kappa shape index (κ2) is 6.52. The van der Waals surface area contributed by atoms with Gasteiger partial charge in [0, 0.05) is 25.8 Å². The summed E-state index contributed by atoms with van der Waals surface area (Å²) in [5, 5.41) is 9.21. The van der Waals surface area contributed by atoms with E-state index in [9.17, 15) is 9.90 Å². The van der Waals surface area contributed by atoms with Gasteiger partial charge in [-0.05, 0) is 45.0 Å². The molecule has 1 aromatic heterocycles. The lowest BCUT2D eigenvalue weighted by molar-refractivity contribution is 0.0697. The number of hydrogen-bond acceptors (Lipinski definition) is 4. The Balaban J connectivity index is 2.05. The first kappa shape index (κ1) is 13.8. The lowest BCUT2D eigenvalue weighted by Crippen LogP contribution is -2.35. The molecule has 2 rings (SSSR count). The van der Waals surface area contributed by atoms with E-state index in [1.54, 1.807) is 18.3 Å². The van der Waals surface area contributed by atoms with Crippen molar-refractivity contribution < 1.29 is 9.90 Å². The molecular formula is C14H21N3O2. The lowest BCUT2D eigenvalue weighted by atomic mass is 10.2. The zero-order chi connectivity index (χ0) is 13.7. The number of rotatable bonds is 6. The van der Waals surface area contributed by atoms with Crippen molar-refractivity contribution in [3.63, 3.8) is 0 Å². The highest BCUT2D eigenvalue weighted by molar-refractivity contribution is 5.93. The summed E-state index contributed by atoms with van der Waals surface area (Å²) < 4.78 is 0. The minimum atomic E-state index is -0.914. The Morgan fingerprint density at radius 1 is 1.47 bits per heavy atom. The van der Waals surface area contributed by atoms with E-state index in [4.69, 9.17) is 0 Å². The van der Waals surface area contributed by atoms with Crippen LogP contribution in [0.5, 0.6) is 0 Å². The second-order valence-electron chi connectivity index (χ2n) is 4.81. The molecule has 0 bridgehead atoms.